The third-order valence-corrected chi connectivity index (χ3v) is 5.65. The Kier molecular flexibility index (Phi) is 5.02. The molecule has 0 bridgehead atoms. The molecule has 1 unspecified atom stereocenters. The molecule has 4 rings (SSSR count). The van der Waals surface area contributed by atoms with Crippen molar-refractivity contribution < 1.29 is 19.3 Å². The number of hydrogen-bond acceptors (Lipinski definition) is 5. The van der Waals surface area contributed by atoms with Crippen LogP contribution in [-0.2, 0) is 0 Å². The number of aromatic hydroxyl groups is 1. The highest BCUT2D eigenvalue weighted by atomic mass is 19.1. The number of ether oxygens (including phenoxy) is 1. The van der Waals surface area contributed by atoms with Crippen molar-refractivity contribution in [1.29, 1.82) is 0 Å². The summed E-state index contributed by atoms with van der Waals surface area (Å²) in [6.45, 7) is 4.27. The van der Waals surface area contributed by atoms with Gasteiger partial charge in [0.1, 0.15) is 23.4 Å². The third kappa shape index (κ3) is 4.22. The fourth-order valence-electron chi connectivity index (χ4n) is 4.48. The maximum absolute atomic E-state index is 13.5. The highest BCUT2D eigenvalue weighted by molar-refractivity contribution is 5.29. The van der Waals surface area contributed by atoms with E-state index >= 15 is 0 Å². The largest absolute Gasteiger partial charge is 0.506 e. The van der Waals surface area contributed by atoms with Crippen molar-refractivity contribution in [2.45, 2.75) is 32.0 Å². The summed E-state index contributed by atoms with van der Waals surface area (Å²) in [5.74, 6) is 1.55. The molecule has 0 amide bonds. The number of β-amino-alcohol motifs (C(OH)–C–C–N with tert-alkyl or cyclic N) is 1. The molecule has 2 aliphatic rings. The van der Waals surface area contributed by atoms with Crippen LogP contribution in [0.15, 0.2) is 36.5 Å². The maximum atomic E-state index is 13.5. The number of aliphatic hydroxyl groups is 1. The van der Waals surface area contributed by atoms with Crippen molar-refractivity contribution in [3.8, 4) is 11.5 Å². The summed E-state index contributed by atoms with van der Waals surface area (Å²) in [4.78, 5) is 6.36. The van der Waals surface area contributed by atoms with Gasteiger partial charge in [0.2, 0.25) is 0 Å². The van der Waals surface area contributed by atoms with Gasteiger partial charge in [-0.25, -0.2) is 4.39 Å². The van der Waals surface area contributed by atoms with E-state index in [1.165, 1.54) is 18.3 Å². The van der Waals surface area contributed by atoms with Crippen LogP contribution < -0.4 is 4.74 Å². The Labute approximate surface area is 158 Å². The minimum Gasteiger partial charge on any atom is -0.506 e. The molecule has 144 valence electrons. The van der Waals surface area contributed by atoms with E-state index in [1.807, 2.05) is 13.0 Å². The molecule has 1 aromatic heterocycles. The Morgan fingerprint density at radius 1 is 1.22 bits per heavy atom. The van der Waals surface area contributed by atoms with Crippen LogP contribution in [-0.4, -0.2) is 45.8 Å². The van der Waals surface area contributed by atoms with Crippen LogP contribution in [0.5, 0.6) is 11.5 Å². The number of pyridine rings is 1. The summed E-state index contributed by atoms with van der Waals surface area (Å²) in [6, 6.07) is 8.03. The lowest BCUT2D eigenvalue weighted by molar-refractivity contribution is 0.113. The average Bonchev–Trinajstić information content (AvgIpc) is 3.12. The number of benzene rings is 1. The highest BCUT2D eigenvalue weighted by Gasteiger charge is 2.42. The van der Waals surface area contributed by atoms with Crippen LogP contribution in [0, 0.1) is 24.6 Å². The van der Waals surface area contributed by atoms with Crippen LogP contribution in [0.4, 0.5) is 4.39 Å². The van der Waals surface area contributed by atoms with E-state index in [9.17, 15) is 14.6 Å². The molecule has 6 heteroatoms. The molecule has 1 aliphatic carbocycles. The first kappa shape index (κ1) is 18.2. The van der Waals surface area contributed by atoms with E-state index in [2.05, 4.69) is 9.88 Å². The van der Waals surface area contributed by atoms with Crippen LogP contribution in [0.25, 0.3) is 0 Å². The van der Waals surface area contributed by atoms with Crippen molar-refractivity contribution >= 4 is 0 Å². The van der Waals surface area contributed by atoms with Crippen molar-refractivity contribution in [3.05, 3.63) is 53.6 Å². The number of aromatic nitrogens is 1. The van der Waals surface area contributed by atoms with Crippen molar-refractivity contribution in [3.63, 3.8) is 0 Å². The summed E-state index contributed by atoms with van der Waals surface area (Å²) < 4.78 is 19.6. The van der Waals surface area contributed by atoms with E-state index < -0.39 is 6.10 Å². The number of likely N-dealkylation sites (tertiary alicyclic amines) is 1. The van der Waals surface area contributed by atoms with Gasteiger partial charge in [0.05, 0.1) is 18.0 Å². The molecule has 2 heterocycles. The molecule has 0 spiro atoms. The number of rotatable bonds is 5. The lowest BCUT2D eigenvalue weighted by Gasteiger charge is -2.22. The van der Waals surface area contributed by atoms with E-state index in [4.69, 9.17) is 4.74 Å². The van der Waals surface area contributed by atoms with Gasteiger partial charge >= 0.3 is 0 Å². The number of aryl methyl sites for hydroxylation is 1. The lowest BCUT2D eigenvalue weighted by atomic mass is 10.0. The molecule has 2 N–H and O–H groups in total. The quantitative estimate of drug-likeness (QED) is 0.845. The standard InChI is InChI=1S/C21H25FN2O3/c1-13-4-16(22)8-18(5-13)27-19-6-14-10-24(11-15(14)7-19)12-21(26)20-3-2-17(25)9-23-20/h2-5,8-9,14-15,19,21,25-26H,6-7,10-12H2,1H3/t14-,15+,19+,21?. The SMILES string of the molecule is Cc1cc(F)cc(O[C@H]2C[C@@H]3CN(CC(O)c4ccc(O)cn4)C[C@@H]3C2)c1. The Bertz CT molecular complexity index is 764. The monoisotopic (exact) mass is 372 g/mol. The fourth-order valence-corrected chi connectivity index (χ4v) is 4.48. The molecule has 27 heavy (non-hydrogen) atoms. The van der Waals surface area contributed by atoms with Crippen LogP contribution in [0.1, 0.15) is 30.2 Å². The summed E-state index contributed by atoms with van der Waals surface area (Å²) in [5.41, 5.74) is 1.44. The second-order valence-corrected chi connectivity index (χ2v) is 7.87. The minimum atomic E-state index is -0.660. The van der Waals surface area contributed by atoms with Crippen LogP contribution in [0.3, 0.4) is 0 Å². The first-order chi connectivity index (χ1) is 13.0. The predicted molar refractivity (Wildman–Crippen MR) is 99.1 cm³/mol. The molecule has 1 saturated heterocycles. The maximum Gasteiger partial charge on any atom is 0.133 e. The third-order valence-electron chi connectivity index (χ3n) is 5.65. The van der Waals surface area contributed by atoms with Gasteiger partial charge in [-0.1, -0.05) is 0 Å². The number of fused-ring (bicyclic) bond motifs is 1. The smallest absolute Gasteiger partial charge is 0.133 e. The van der Waals surface area contributed by atoms with Crippen molar-refractivity contribution in [1.82, 2.24) is 9.88 Å². The van der Waals surface area contributed by atoms with Gasteiger partial charge in [0.25, 0.3) is 0 Å². The highest BCUT2D eigenvalue weighted by Crippen LogP contribution is 2.40. The lowest BCUT2D eigenvalue weighted by Crippen LogP contribution is -2.29. The number of halogens is 1. The van der Waals surface area contributed by atoms with E-state index in [0.717, 1.165) is 31.5 Å². The normalized spacial score (nSPS) is 26.1. The number of hydrogen-bond donors (Lipinski definition) is 2. The van der Waals surface area contributed by atoms with Crippen LogP contribution >= 0.6 is 0 Å². The van der Waals surface area contributed by atoms with Gasteiger partial charge < -0.3 is 14.9 Å². The Balaban J connectivity index is 1.29. The zero-order valence-electron chi connectivity index (χ0n) is 15.4. The van der Waals surface area contributed by atoms with Gasteiger partial charge in [-0.15, -0.1) is 0 Å². The van der Waals surface area contributed by atoms with E-state index in [-0.39, 0.29) is 17.7 Å². The second kappa shape index (κ2) is 7.44. The molecular formula is C21H25FN2O3. The molecule has 1 aliphatic heterocycles. The van der Waals surface area contributed by atoms with Crippen LogP contribution in [0.2, 0.25) is 0 Å². The first-order valence-corrected chi connectivity index (χ1v) is 9.45. The summed E-state index contributed by atoms with van der Waals surface area (Å²) >= 11 is 0. The van der Waals surface area contributed by atoms with Gasteiger partial charge in [0.15, 0.2) is 0 Å². The predicted octanol–water partition coefficient (Wildman–Crippen LogP) is 3.06. The topological polar surface area (TPSA) is 65.8 Å². The molecule has 1 saturated carbocycles. The van der Waals surface area contributed by atoms with Gasteiger partial charge in [0, 0.05) is 25.7 Å². The average molecular weight is 372 g/mol. The van der Waals surface area contributed by atoms with Gasteiger partial charge in [-0.05, 0) is 61.4 Å². The summed E-state index contributed by atoms with van der Waals surface area (Å²) in [6.07, 6.45) is 2.75. The molecule has 0 radical (unpaired) electrons. The van der Waals surface area contributed by atoms with Gasteiger partial charge in [-0.2, -0.15) is 0 Å². The van der Waals surface area contributed by atoms with E-state index in [1.54, 1.807) is 12.1 Å². The molecule has 4 atom stereocenters. The molecule has 2 aromatic rings. The first-order valence-electron chi connectivity index (χ1n) is 9.45. The Morgan fingerprint density at radius 2 is 1.96 bits per heavy atom. The fraction of sp³-hybridized carbons (Fsp3) is 0.476. The second-order valence-electron chi connectivity index (χ2n) is 7.87. The molecule has 2 fully saturated rings. The zero-order valence-corrected chi connectivity index (χ0v) is 15.4. The number of aliphatic hydroxyl groups excluding tert-OH is 1. The van der Waals surface area contributed by atoms with Crippen molar-refractivity contribution in [2.24, 2.45) is 11.8 Å². The number of nitrogens with zero attached hydrogens (tertiary/aromatic N) is 2. The zero-order chi connectivity index (χ0) is 19.0. The van der Waals surface area contributed by atoms with Crippen molar-refractivity contribution in [2.75, 3.05) is 19.6 Å². The van der Waals surface area contributed by atoms with Gasteiger partial charge in [-0.3, -0.25) is 9.88 Å². The molecular weight excluding hydrogens is 347 g/mol. The minimum absolute atomic E-state index is 0.0983. The Hall–Kier alpha value is -2.18. The Morgan fingerprint density at radius 3 is 2.59 bits per heavy atom. The summed E-state index contributed by atoms with van der Waals surface area (Å²) in [7, 11) is 0. The van der Waals surface area contributed by atoms with E-state index in [0.29, 0.717) is 29.8 Å². The molecule has 1 aromatic carbocycles. The summed E-state index contributed by atoms with van der Waals surface area (Å²) in [5, 5.41) is 19.7. The molecule has 5 nitrogen and oxygen atoms in total.